The average molecular weight is 481 g/mol. The highest BCUT2D eigenvalue weighted by Crippen LogP contribution is 2.33. The Kier molecular flexibility index (Phi) is 11.4. The van der Waals surface area contributed by atoms with Gasteiger partial charge in [0.15, 0.2) is 0 Å². The molecule has 1 N–H and O–H groups in total. The van der Waals surface area contributed by atoms with E-state index in [1.165, 1.54) is 0 Å². The second-order valence-corrected chi connectivity index (χ2v) is 8.27. The predicted molar refractivity (Wildman–Crippen MR) is 136 cm³/mol. The van der Waals surface area contributed by atoms with Crippen molar-refractivity contribution >= 4 is 0 Å². The minimum Gasteiger partial charge on any atom is -0.387 e. The number of rotatable bonds is 15. The number of hydrogen-bond acceptors (Lipinski definition) is 6. The highest BCUT2D eigenvalue weighted by Gasteiger charge is 2.53. The van der Waals surface area contributed by atoms with Gasteiger partial charge in [-0.25, -0.2) is 0 Å². The van der Waals surface area contributed by atoms with Crippen LogP contribution in [0, 0.1) is 0 Å². The lowest BCUT2D eigenvalue weighted by atomic mass is 9.83. The van der Waals surface area contributed by atoms with Gasteiger partial charge >= 0.3 is 0 Å². The average Bonchev–Trinajstić information content (AvgIpc) is 2.90. The van der Waals surface area contributed by atoms with Crippen LogP contribution < -0.4 is 0 Å². The van der Waals surface area contributed by atoms with Crippen LogP contribution in [-0.2, 0) is 36.9 Å². The third-order valence-electron chi connectivity index (χ3n) is 5.76. The summed E-state index contributed by atoms with van der Waals surface area (Å²) in [4.78, 5) is 0. The Morgan fingerprint density at radius 3 is 1.29 bits per heavy atom. The van der Waals surface area contributed by atoms with E-state index in [0.717, 1.165) is 11.1 Å². The van der Waals surface area contributed by atoms with Crippen molar-refractivity contribution in [2.75, 3.05) is 19.8 Å². The van der Waals surface area contributed by atoms with Crippen molar-refractivity contribution in [2.24, 2.45) is 0 Å². The first-order chi connectivity index (χ1) is 17.2. The van der Waals surface area contributed by atoms with Gasteiger partial charge in [0, 0.05) is 0 Å². The first kappa shape index (κ1) is 27.0. The molecule has 0 radical (unpaired) electrons. The van der Waals surface area contributed by atoms with E-state index in [1.54, 1.807) is 18.2 Å². The largest absolute Gasteiger partial charge is 0.387 e. The highest BCUT2D eigenvalue weighted by molar-refractivity contribution is 5.15. The lowest BCUT2D eigenvalue weighted by molar-refractivity contribution is -0.273. The van der Waals surface area contributed by atoms with Gasteiger partial charge in [0.25, 0.3) is 0 Å². The van der Waals surface area contributed by atoms with Crippen molar-refractivity contribution in [3.8, 4) is 0 Å². The van der Waals surface area contributed by atoms with Crippen LogP contribution in [0.25, 0.3) is 0 Å². The maximum atomic E-state index is 11.4. The van der Waals surface area contributed by atoms with Crippen LogP contribution in [0.2, 0.25) is 0 Å². The number of aliphatic hydroxyl groups excluding tert-OH is 1. The normalized spacial score (nSPS) is 26.2. The molecule has 1 aliphatic carbocycles. The maximum absolute atomic E-state index is 11.4. The Hall–Kier alpha value is -2.58. The standard InChI is InChI=1S/C29H36O6/c1-4-17-31-25-24(30)26(32-18-5-2)28(34-20-22-13-9-7-10-14-22)29(27(25)33-19-6-3)35-21-23-15-11-8-12-16-23/h4-16,24-30H,1-3,17-21H2/t24-,25-,26+,27-,28+,29-/m1/s1. The smallest absolute Gasteiger partial charge is 0.116 e. The molecule has 2 aromatic rings. The van der Waals surface area contributed by atoms with Gasteiger partial charge in [0.2, 0.25) is 0 Å². The summed E-state index contributed by atoms with van der Waals surface area (Å²) >= 11 is 0. The molecule has 0 bridgehead atoms. The molecule has 3 rings (SSSR count). The van der Waals surface area contributed by atoms with Crippen molar-refractivity contribution in [1.29, 1.82) is 0 Å². The minimum atomic E-state index is -1.03. The Bertz CT molecular complexity index is 887. The quantitative estimate of drug-likeness (QED) is 0.385. The molecule has 1 fully saturated rings. The monoisotopic (exact) mass is 480 g/mol. The molecular weight excluding hydrogens is 444 g/mol. The fourth-order valence-corrected chi connectivity index (χ4v) is 4.16. The molecule has 1 saturated carbocycles. The highest BCUT2D eigenvalue weighted by atomic mass is 16.6. The summed E-state index contributed by atoms with van der Waals surface area (Å²) in [7, 11) is 0. The fourth-order valence-electron chi connectivity index (χ4n) is 4.16. The molecule has 0 aliphatic heterocycles. The van der Waals surface area contributed by atoms with Gasteiger partial charge in [0.05, 0.1) is 33.0 Å². The van der Waals surface area contributed by atoms with Crippen LogP contribution in [0.3, 0.4) is 0 Å². The Labute approximate surface area is 208 Å². The van der Waals surface area contributed by atoms with Crippen LogP contribution in [0.15, 0.2) is 98.6 Å². The van der Waals surface area contributed by atoms with E-state index in [1.807, 2.05) is 60.7 Å². The molecule has 0 aromatic heterocycles. The molecule has 0 spiro atoms. The summed E-state index contributed by atoms with van der Waals surface area (Å²) in [5.41, 5.74) is 2.01. The third-order valence-corrected chi connectivity index (χ3v) is 5.76. The number of aliphatic hydroxyl groups is 1. The van der Waals surface area contributed by atoms with Crippen molar-refractivity contribution in [1.82, 2.24) is 0 Å². The van der Waals surface area contributed by atoms with E-state index in [2.05, 4.69) is 19.7 Å². The summed E-state index contributed by atoms with van der Waals surface area (Å²) in [6.07, 6.45) is 0.606. The Morgan fingerprint density at radius 1 is 0.543 bits per heavy atom. The van der Waals surface area contributed by atoms with Gasteiger partial charge in [0.1, 0.15) is 36.6 Å². The molecule has 6 nitrogen and oxygen atoms in total. The van der Waals surface area contributed by atoms with Crippen LogP contribution in [0.4, 0.5) is 0 Å². The van der Waals surface area contributed by atoms with Crippen LogP contribution >= 0.6 is 0 Å². The van der Waals surface area contributed by atoms with Crippen LogP contribution in [0.5, 0.6) is 0 Å². The topological polar surface area (TPSA) is 66.4 Å². The van der Waals surface area contributed by atoms with Gasteiger partial charge in [-0.3, -0.25) is 0 Å². The van der Waals surface area contributed by atoms with Crippen molar-refractivity contribution in [2.45, 2.75) is 49.8 Å². The first-order valence-corrected chi connectivity index (χ1v) is 11.9. The molecule has 0 heterocycles. The SMILES string of the molecule is C=CCO[C@H]1[C@@H](OCc2ccccc2)[C@@H](OCc2ccccc2)[C@@H](OCC=C)[C@H](O)[C@H]1OCC=C. The molecule has 0 saturated heterocycles. The number of benzene rings is 2. The molecule has 188 valence electrons. The lowest BCUT2D eigenvalue weighted by Gasteiger charge is -2.48. The van der Waals surface area contributed by atoms with Gasteiger partial charge in [-0.05, 0) is 11.1 Å². The zero-order chi connectivity index (χ0) is 24.9. The Balaban J connectivity index is 1.93. The van der Waals surface area contributed by atoms with E-state index in [9.17, 15) is 5.11 Å². The van der Waals surface area contributed by atoms with Gasteiger partial charge < -0.3 is 28.8 Å². The van der Waals surface area contributed by atoms with E-state index < -0.39 is 36.6 Å². The fraction of sp³-hybridized carbons (Fsp3) is 0.379. The van der Waals surface area contributed by atoms with E-state index in [-0.39, 0.29) is 19.8 Å². The number of hydrogen-bond donors (Lipinski definition) is 1. The molecule has 0 unspecified atom stereocenters. The van der Waals surface area contributed by atoms with Gasteiger partial charge in [-0.2, -0.15) is 0 Å². The third kappa shape index (κ3) is 7.70. The molecule has 6 atom stereocenters. The summed E-state index contributed by atoms with van der Waals surface area (Å²) < 4.78 is 31.0. The number of ether oxygens (including phenoxy) is 5. The summed E-state index contributed by atoms with van der Waals surface area (Å²) in [5, 5.41) is 11.4. The first-order valence-electron chi connectivity index (χ1n) is 11.9. The predicted octanol–water partition coefficient (Wildman–Crippen LogP) is 4.25. The summed E-state index contributed by atoms with van der Waals surface area (Å²) in [5.74, 6) is 0. The minimum absolute atomic E-state index is 0.241. The van der Waals surface area contributed by atoms with E-state index in [4.69, 9.17) is 23.7 Å². The molecule has 1 aliphatic rings. The molecule has 35 heavy (non-hydrogen) atoms. The van der Waals surface area contributed by atoms with Gasteiger partial charge in [-0.15, -0.1) is 19.7 Å². The zero-order valence-electron chi connectivity index (χ0n) is 20.1. The van der Waals surface area contributed by atoms with Gasteiger partial charge in [-0.1, -0.05) is 78.9 Å². The second-order valence-electron chi connectivity index (χ2n) is 8.27. The molecular formula is C29H36O6. The molecule has 2 aromatic carbocycles. The molecule has 6 heteroatoms. The lowest BCUT2D eigenvalue weighted by Crippen LogP contribution is -2.67. The summed E-state index contributed by atoms with van der Waals surface area (Å²) in [6, 6.07) is 19.7. The van der Waals surface area contributed by atoms with E-state index in [0.29, 0.717) is 13.2 Å². The van der Waals surface area contributed by atoms with Crippen molar-refractivity contribution < 1.29 is 28.8 Å². The molecule has 0 amide bonds. The maximum Gasteiger partial charge on any atom is 0.116 e. The van der Waals surface area contributed by atoms with Crippen molar-refractivity contribution in [3.05, 3.63) is 110 Å². The zero-order valence-corrected chi connectivity index (χ0v) is 20.1. The summed E-state index contributed by atoms with van der Waals surface area (Å²) in [6.45, 7) is 12.7. The van der Waals surface area contributed by atoms with Crippen LogP contribution in [0.1, 0.15) is 11.1 Å². The Morgan fingerprint density at radius 2 is 0.886 bits per heavy atom. The van der Waals surface area contributed by atoms with Crippen LogP contribution in [-0.4, -0.2) is 61.6 Å². The second kappa shape index (κ2) is 14.7. The van der Waals surface area contributed by atoms with Crippen molar-refractivity contribution in [3.63, 3.8) is 0 Å². The van der Waals surface area contributed by atoms with E-state index >= 15 is 0 Å².